The highest BCUT2D eigenvalue weighted by Crippen LogP contribution is 2.27. The van der Waals surface area contributed by atoms with Crippen molar-refractivity contribution in [3.63, 3.8) is 0 Å². The summed E-state index contributed by atoms with van der Waals surface area (Å²) in [7, 11) is -1.94. The van der Waals surface area contributed by atoms with Crippen LogP contribution in [-0.4, -0.2) is 23.3 Å². The van der Waals surface area contributed by atoms with E-state index in [2.05, 4.69) is 9.82 Å². The molecule has 18 heavy (non-hydrogen) atoms. The molecule has 0 amide bonds. The van der Waals surface area contributed by atoms with E-state index in [1.807, 2.05) is 0 Å². The largest absolute Gasteiger partial charge is 0.391 e. The summed E-state index contributed by atoms with van der Waals surface area (Å²) in [6.07, 6.45) is 1.65. The minimum atomic E-state index is -3.65. The first-order chi connectivity index (χ1) is 8.42. The molecule has 98 valence electrons. The van der Waals surface area contributed by atoms with Gasteiger partial charge in [-0.1, -0.05) is 0 Å². The first kappa shape index (κ1) is 13.1. The summed E-state index contributed by atoms with van der Waals surface area (Å²) in [6.45, 7) is 1.54. The van der Waals surface area contributed by atoms with Crippen LogP contribution in [0.1, 0.15) is 9.75 Å². The van der Waals surface area contributed by atoms with Gasteiger partial charge in [0.15, 0.2) is 5.82 Å². The monoisotopic (exact) mass is 287 g/mol. The van der Waals surface area contributed by atoms with Gasteiger partial charge in [0.1, 0.15) is 4.90 Å². The molecule has 2 N–H and O–H groups in total. The number of hydrogen-bond acceptors (Lipinski definition) is 5. The molecule has 0 saturated carbocycles. The van der Waals surface area contributed by atoms with E-state index >= 15 is 0 Å². The van der Waals surface area contributed by atoms with Gasteiger partial charge in [-0.3, -0.25) is 9.40 Å². The summed E-state index contributed by atoms with van der Waals surface area (Å²) < 4.78 is 28.2. The lowest BCUT2D eigenvalue weighted by molar-refractivity contribution is 0.285. The zero-order valence-corrected chi connectivity index (χ0v) is 11.5. The van der Waals surface area contributed by atoms with E-state index in [1.165, 1.54) is 22.1 Å². The zero-order chi connectivity index (χ0) is 13.3. The van der Waals surface area contributed by atoms with Gasteiger partial charge in [0.05, 0.1) is 6.61 Å². The molecular formula is C10H13N3O3S2. The van der Waals surface area contributed by atoms with Crippen LogP contribution in [0.5, 0.6) is 0 Å². The molecule has 2 rings (SSSR count). The first-order valence-electron chi connectivity index (χ1n) is 5.15. The number of aryl methyl sites for hydroxylation is 2. The summed E-state index contributed by atoms with van der Waals surface area (Å²) in [4.78, 5) is 1.44. The smallest absolute Gasteiger partial charge is 0.264 e. The summed E-state index contributed by atoms with van der Waals surface area (Å²) in [6, 6.07) is 3.05. The van der Waals surface area contributed by atoms with Gasteiger partial charge in [-0.25, -0.2) is 8.42 Å². The minimum Gasteiger partial charge on any atom is -0.391 e. The van der Waals surface area contributed by atoms with Crippen molar-refractivity contribution in [2.45, 2.75) is 18.4 Å². The third-order valence-corrected chi connectivity index (χ3v) is 4.97. The lowest BCUT2D eigenvalue weighted by Gasteiger charge is -2.04. The molecule has 8 heteroatoms. The molecule has 0 aliphatic heterocycles. The van der Waals surface area contributed by atoms with Crippen molar-refractivity contribution >= 4 is 27.2 Å². The second-order valence-electron chi connectivity index (χ2n) is 3.77. The maximum absolute atomic E-state index is 12.1. The molecule has 0 aliphatic carbocycles. The predicted molar refractivity (Wildman–Crippen MR) is 69.0 cm³/mol. The highest BCUT2D eigenvalue weighted by molar-refractivity contribution is 7.93. The van der Waals surface area contributed by atoms with Crippen LogP contribution in [-0.2, 0) is 23.7 Å². The van der Waals surface area contributed by atoms with Gasteiger partial charge in [-0.05, 0) is 13.0 Å². The lowest BCUT2D eigenvalue weighted by atomic mass is 10.4. The molecule has 0 unspecified atom stereocenters. The Kier molecular flexibility index (Phi) is 3.42. The molecule has 0 atom stereocenters. The van der Waals surface area contributed by atoms with Crippen LogP contribution in [0, 0.1) is 6.92 Å². The van der Waals surface area contributed by atoms with Crippen molar-refractivity contribution in [3.8, 4) is 0 Å². The fourth-order valence-corrected chi connectivity index (χ4v) is 4.02. The van der Waals surface area contributed by atoms with E-state index in [9.17, 15) is 8.42 Å². The Bertz CT molecular complexity index is 658. The van der Waals surface area contributed by atoms with E-state index in [4.69, 9.17) is 5.11 Å². The highest BCUT2D eigenvalue weighted by atomic mass is 32.2. The Morgan fingerprint density at radius 1 is 1.56 bits per heavy atom. The molecule has 2 heterocycles. The number of rotatable bonds is 4. The van der Waals surface area contributed by atoms with Gasteiger partial charge in [0, 0.05) is 29.1 Å². The fraction of sp³-hybridized carbons (Fsp3) is 0.300. The highest BCUT2D eigenvalue weighted by Gasteiger charge is 2.20. The number of aliphatic hydroxyl groups excluding tert-OH is 1. The Hall–Kier alpha value is -1.38. The molecule has 2 aromatic rings. The molecular weight excluding hydrogens is 274 g/mol. The summed E-state index contributed by atoms with van der Waals surface area (Å²) in [5, 5.41) is 13.0. The van der Waals surface area contributed by atoms with Crippen LogP contribution >= 0.6 is 11.3 Å². The average Bonchev–Trinajstić information content (AvgIpc) is 2.84. The van der Waals surface area contributed by atoms with Crippen LogP contribution in [0.25, 0.3) is 0 Å². The molecule has 0 fully saturated rings. The van der Waals surface area contributed by atoms with Crippen LogP contribution < -0.4 is 4.72 Å². The maximum Gasteiger partial charge on any atom is 0.264 e. The molecule has 0 spiro atoms. The van der Waals surface area contributed by atoms with Crippen molar-refractivity contribution in [2.75, 3.05) is 4.72 Å². The quantitative estimate of drug-likeness (QED) is 0.881. The van der Waals surface area contributed by atoms with E-state index in [1.54, 1.807) is 26.2 Å². The number of anilines is 1. The molecule has 0 aliphatic rings. The SMILES string of the molecule is Cc1sc(CO)cc1S(=O)(=O)Nc1ccn(C)n1. The first-order valence-corrected chi connectivity index (χ1v) is 7.45. The summed E-state index contributed by atoms with van der Waals surface area (Å²) in [5.41, 5.74) is 0. The molecule has 0 radical (unpaired) electrons. The van der Waals surface area contributed by atoms with Crippen molar-refractivity contribution in [1.82, 2.24) is 9.78 Å². The van der Waals surface area contributed by atoms with Crippen molar-refractivity contribution < 1.29 is 13.5 Å². The topological polar surface area (TPSA) is 84.2 Å². The zero-order valence-electron chi connectivity index (χ0n) is 9.91. The summed E-state index contributed by atoms with van der Waals surface area (Å²) in [5.74, 6) is 0.272. The Balaban J connectivity index is 2.33. The van der Waals surface area contributed by atoms with Gasteiger partial charge >= 0.3 is 0 Å². The van der Waals surface area contributed by atoms with Crippen molar-refractivity contribution in [1.29, 1.82) is 0 Å². The number of nitrogens with zero attached hydrogens (tertiary/aromatic N) is 2. The van der Waals surface area contributed by atoms with E-state index in [-0.39, 0.29) is 17.3 Å². The summed E-state index contributed by atoms with van der Waals surface area (Å²) >= 11 is 1.26. The van der Waals surface area contributed by atoms with Gasteiger partial charge in [0.25, 0.3) is 10.0 Å². The average molecular weight is 287 g/mol. The standard InChI is InChI=1S/C10H13N3O3S2/c1-7-9(5-8(6-14)17-7)18(15,16)12-10-3-4-13(2)11-10/h3-5,14H,6H2,1-2H3,(H,11,12). The predicted octanol–water partition coefficient (Wildman–Crippen LogP) is 1.08. The normalized spacial score (nSPS) is 11.7. The van der Waals surface area contributed by atoms with E-state index in [0.717, 1.165) is 0 Å². The Labute approximate surface area is 109 Å². The van der Waals surface area contributed by atoms with Gasteiger partial charge in [-0.2, -0.15) is 5.10 Å². The fourth-order valence-electron chi connectivity index (χ4n) is 1.53. The van der Waals surface area contributed by atoms with Crippen LogP contribution in [0.15, 0.2) is 23.2 Å². The molecule has 0 aromatic carbocycles. The maximum atomic E-state index is 12.1. The van der Waals surface area contributed by atoms with E-state index in [0.29, 0.717) is 9.75 Å². The third kappa shape index (κ3) is 2.55. The Morgan fingerprint density at radius 3 is 2.78 bits per heavy atom. The number of thiophene rings is 1. The van der Waals surface area contributed by atoms with Gasteiger partial charge < -0.3 is 5.11 Å². The molecule has 2 aromatic heterocycles. The van der Waals surface area contributed by atoms with Gasteiger partial charge in [0.2, 0.25) is 0 Å². The van der Waals surface area contributed by atoms with Crippen LogP contribution in [0.4, 0.5) is 5.82 Å². The Morgan fingerprint density at radius 2 is 2.28 bits per heavy atom. The molecule has 0 bridgehead atoms. The second-order valence-corrected chi connectivity index (χ2v) is 6.76. The number of aromatic nitrogens is 2. The number of hydrogen-bond donors (Lipinski definition) is 2. The molecule has 6 nitrogen and oxygen atoms in total. The minimum absolute atomic E-state index is 0.162. The van der Waals surface area contributed by atoms with Crippen molar-refractivity contribution in [2.24, 2.45) is 7.05 Å². The lowest BCUT2D eigenvalue weighted by Crippen LogP contribution is -2.13. The molecule has 0 saturated heterocycles. The van der Waals surface area contributed by atoms with E-state index < -0.39 is 10.0 Å². The van der Waals surface area contributed by atoms with Crippen LogP contribution in [0.2, 0.25) is 0 Å². The third-order valence-electron chi connectivity index (χ3n) is 2.32. The van der Waals surface area contributed by atoms with Crippen LogP contribution in [0.3, 0.4) is 0 Å². The second kappa shape index (κ2) is 4.71. The van der Waals surface area contributed by atoms with Crippen molar-refractivity contribution in [3.05, 3.63) is 28.1 Å². The number of sulfonamides is 1. The van der Waals surface area contributed by atoms with Gasteiger partial charge in [-0.15, -0.1) is 11.3 Å². The number of aliphatic hydroxyl groups is 1. The number of nitrogens with one attached hydrogen (secondary N) is 1.